The highest BCUT2D eigenvalue weighted by Crippen LogP contribution is 2.51. The number of thiophene rings is 6. The summed E-state index contributed by atoms with van der Waals surface area (Å²) in [5.74, 6) is 0. The van der Waals surface area contributed by atoms with Crippen LogP contribution in [0.5, 0.6) is 0 Å². The van der Waals surface area contributed by atoms with Crippen LogP contribution in [0.2, 0.25) is 0 Å². The van der Waals surface area contributed by atoms with Gasteiger partial charge in [-0.25, -0.2) is 9.59 Å². The molecule has 8 heterocycles. The lowest BCUT2D eigenvalue weighted by Gasteiger charge is -1.93. The molecule has 0 amide bonds. The monoisotopic (exact) mass is 500 g/mol. The first-order valence-corrected chi connectivity index (χ1v) is 13.8. The van der Waals surface area contributed by atoms with Gasteiger partial charge in [-0.15, -0.1) is 68.0 Å². The fraction of sp³-hybridized carbons (Fsp3) is 0. The molecule has 8 rings (SSSR count). The molecule has 0 aliphatic rings. The highest BCUT2D eigenvalue weighted by Gasteiger charge is 2.25. The van der Waals surface area contributed by atoms with Gasteiger partial charge in [0.2, 0.25) is 0 Å². The number of fused-ring (bicyclic) bond motifs is 13. The minimum atomic E-state index is -0.299. The summed E-state index contributed by atoms with van der Waals surface area (Å²) in [4.78, 5) is 25.7. The fourth-order valence-corrected chi connectivity index (χ4v) is 11.5. The largest absolute Gasteiger partial charge is 0.420 e. The highest BCUT2D eigenvalue weighted by molar-refractivity contribution is 7.41. The predicted molar refractivity (Wildman–Crippen MR) is 133 cm³/mol. The summed E-state index contributed by atoms with van der Waals surface area (Å²) in [5.41, 5.74) is 0.617. The van der Waals surface area contributed by atoms with Crippen molar-refractivity contribution in [2.45, 2.75) is 0 Å². The van der Waals surface area contributed by atoms with Crippen LogP contribution in [0.1, 0.15) is 0 Å². The molecule has 0 atom stereocenters. The summed E-state index contributed by atoms with van der Waals surface area (Å²) < 4.78 is 21.5. The topological polar surface area (TPSA) is 60.4 Å². The van der Waals surface area contributed by atoms with Gasteiger partial charge < -0.3 is 8.83 Å². The molecule has 0 aliphatic heterocycles. The average Bonchev–Trinajstić information content (AvgIpc) is 3.49. The second-order valence-electron chi connectivity index (χ2n) is 6.80. The van der Waals surface area contributed by atoms with Gasteiger partial charge in [0.15, 0.2) is 11.2 Å². The summed E-state index contributed by atoms with van der Waals surface area (Å²) in [6, 6.07) is 4.08. The van der Waals surface area contributed by atoms with Crippen molar-refractivity contribution in [3.05, 3.63) is 43.7 Å². The van der Waals surface area contributed by atoms with Gasteiger partial charge in [0.25, 0.3) is 0 Å². The third kappa shape index (κ3) is 1.82. The van der Waals surface area contributed by atoms with Crippen LogP contribution >= 0.6 is 68.0 Å². The Morgan fingerprint density at radius 1 is 0.533 bits per heavy atom. The summed E-state index contributed by atoms with van der Waals surface area (Å²) in [6.07, 6.45) is 0. The Labute approximate surface area is 188 Å². The Hall–Kier alpha value is -2.08. The van der Waals surface area contributed by atoms with Crippen molar-refractivity contribution in [2.24, 2.45) is 0 Å². The van der Waals surface area contributed by atoms with E-state index in [0.29, 0.717) is 21.9 Å². The molecule has 0 aromatic carbocycles. The normalized spacial score (nSPS) is 12.9. The van der Waals surface area contributed by atoms with Crippen LogP contribution in [0, 0.1) is 0 Å². The molecule has 8 aromatic rings. The van der Waals surface area contributed by atoms with E-state index >= 15 is 0 Å². The van der Waals surface area contributed by atoms with Crippen LogP contribution in [-0.4, -0.2) is 0 Å². The van der Waals surface area contributed by atoms with Crippen molar-refractivity contribution in [3.63, 3.8) is 0 Å². The van der Waals surface area contributed by atoms with E-state index in [2.05, 4.69) is 0 Å². The van der Waals surface area contributed by atoms with E-state index in [-0.39, 0.29) is 11.3 Å². The Morgan fingerprint density at radius 2 is 0.967 bits per heavy atom. The van der Waals surface area contributed by atoms with Crippen LogP contribution in [0.4, 0.5) is 0 Å². The van der Waals surface area contributed by atoms with E-state index in [1.807, 2.05) is 22.9 Å². The summed E-state index contributed by atoms with van der Waals surface area (Å²) in [6.45, 7) is 0. The maximum absolute atomic E-state index is 12.9. The molecule has 0 saturated heterocycles. The number of hydrogen-bond donors (Lipinski definition) is 0. The highest BCUT2D eigenvalue weighted by atomic mass is 32.1. The molecular weight excluding hydrogens is 497 g/mol. The molecule has 10 heteroatoms. The van der Waals surface area contributed by atoms with Crippen molar-refractivity contribution < 1.29 is 8.83 Å². The van der Waals surface area contributed by atoms with Crippen LogP contribution in [0.15, 0.2) is 41.3 Å². The smallest absolute Gasteiger partial charge is 0.346 e. The molecule has 0 fully saturated rings. The summed E-state index contributed by atoms with van der Waals surface area (Å²) in [5, 5.41) is 5.32. The van der Waals surface area contributed by atoms with Crippen LogP contribution in [0.3, 0.4) is 0 Å². The van der Waals surface area contributed by atoms with Gasteiger partial charge >= 0.3 is 11.3 Å². The van der Waals surface area contributed by atoms with E-state index in [9.17, 15) is 9.59 Å². The Kier molecular flexibility index (Phi) is 2.98. The van der Waals surface area contributed by atoms with Crippen LogP contribution in [0.25, 0.3) is 68.9 Å². The van der Waals surface area contributed by atoms with Crippen LogP contribution < -0.4 is 11.3 Å². The van der Waals surface area contributed by atoms with Crippen molar-refractivity contribution >= 4 is 137 Å². The van der Waals surface area contributed by atoms with E-state index in [1.54, 1.807) is 68.0 Å². The van der Waals surface area contributed by atoms with Gasteiger partial charge in [-0.3, -0.25) is 0 Å². The van der Waals surface area contributed by atoms with E-state index < -0.39 is 0 Å². The molecule has 8 aromatic heterocycles. The number of hydrogen-bond acceptors (Lipinski definition) is 10. The Balaban J connectivity index is 1.62. The van der Waals surface area contributed by atoms with Gasteiger partial charge in [0.05, 0.1) is 48.4 Å². The molecule has 0 aliphatic carbocycles. The van der Waals surface area contributed by atoms with Crippen molar-refractivity contribution in [2.75, 3.05) is 0 Å². The van der Waals surface area contributed by atoms with E-state index in [4.69, 9.17) is 8.83 Å². The van der Waals surface area contributed by atoms with Gasteiger partial charge in [-0.1, -0.05) is 0 Å². The minimum Gasteiger partial charge on any atom is -0.420 e. The minimum absolute atomic E-state index is 0.299. The van der Waals surface area contributed by atoms with Crippen LogP contribution in [-0.2, 0) is 0 Å². The van der Waals surface area contributed by atoms with E-state index in [1.165, 1.54) is 0 Å². The summed E-state index contributed by atoms with van der Waals surface area (Å²) in [7, 11) is 0. The lowest BCUT2D eigenvalue weighted by molar-refractivity contribution is 0.573. The lowest BCUT2D eigenvalue weighted by atomic mass is 10.3. The molecule has 30 heavy (non-hydrogen) atoms. The van der Waals surface area contributed by atoms with Crippen molar-refractivity contribution in [1.29, 1.82) is 0 Å². The lowest BCUT2D eigenvalue weighted by Crippen LogP contribution is -1.96. The van der Waals surface area contributed by atoms with Crippen molar-refractivity contribution in [1.82, 2.24) is 0 Å². The molecule has 0 saturated carbocycles. The second-order valence-corrected chi connectivity index (χ2v) is 12.8. The quantitative estimate of drug-likeness (QED) is 0.211. The molecule has 0 unspecified atom stereocenters. The molecular formula is C20H4O4S6. The Morgan fingerprint density at radius 3 is 1.43 bits per heavy atom. The average molecular weight is 501 g/mol. The molecule has 0 radical (unpaired) electrons. The maximum Gasteiger partial charge on any atom is 0.346 e. The molecule has 0 N–H and O–H groups in total. The molecule has 144 valence electrons. The first-order chi connectivity index (χ1) is 14.7. The van der Waals surface area contributed by atoms with Gasteiger partial charge in [0.1, 0.15) is 0 Å². The molecule has 0 bridgehead atoms. The SMILES string of the molecule is O=c1oc2c3sc4c(oc(=O)c5c6sccc6sc45)c3sc2c2sc3ccsc3c12. The first kappa shape index (κ1) is 16.6. The zero-order chi connectivity index (χ0) is 19.7. The zero-order valence-corrected chi connectivity index (χ0v) is 19.3. The standard InChI is InChI=1S/C20H4O4S6/c21-19-7-11-5(1-3-25-11)27-13(7)15-9(23-19)17-18(29-15)10-16(30-17)14-8(20(22)24-10)12-6(28-14)2-4-26-12/h1-4H. The maximum atomic E-state index is 12.9. The van der Waals surface area contributed by atoms with Gasteiger partial charge in [0, 0.05) is 9.40 Å². The third-order valence-electron chi connectivity index (χ3n) is 5.24. The summed E-state index contributed by atoms with van der Waals surface area (Å²) >= 11 is 9.47. The second kappa shape index (κ2) is 5.39. The molecule has 4 nitrogen and oxygen atoms in total. The van der Waals surface area contributed by atoms with Gasteiger partial charge in [-0.05, 0) is 22.9 Å². The molecule has 0 spiro atoms. The first-order valence-electron chi connectivity index (χ1n) is 8.73. The van der Waals surface area contributed by atoms with Gasteiger partial charge in [-0.2, -0.15) is 0 Å². The van der Waals surface area contributed by atoms with Crippen molar-refractivity contribution in [3.8, 4) is 0 Å². The Bertz CT molecular complexity index is 1960. The third-order valence-corrected chi connectivity index (χ3v) is 12.5. The van der Waals surface area contributed by atoms with E-state index in [0.717, 1.165) is 47.0 Å². The number of rotatable bonds is 0. The predicted octanol–water partition coefficient (Wildman–Crippen LogP) is 8.03. The zero-order valence-electron chi connectivity index (χ0n) is 14.4. The fourth-order valence-electron chi connectivity index (χ4n) is 4.01.